The summed E-state index contributed by atoms with van der Waals surface area (Å²) in [6.07, 6.45) is 3.14. The summed E-state index contributed by atoms with van der Waals surface area (Å²) in [5.41, 5.74) is 0.973. The summed E-state index contributed by atoms with van der Waals surface area (Å²) in [6.45, 7) is 2.01. The van der Waals surface area contributed by atoms with Gasteiger partial charge in [0.2, 0.25) is 5.82 Å². The Balaban J connectivity index is 1.48. The molecule has 0 unspecified atom stereocenters. The highest BCUT2D eigenvalue weighted by molar-refractivity contribution is 5.96. The molecule has 0 aliphatic rings. The molecule has 14 heteroatoms. The molecule has 4 N–H and O–H groups in total. The minimum atomic E-state index is -1.16. The summed E-state index contributed by atoms with van der Waals surface area (Å²) in [7, 11) is 1.24. The summed E-state index contributed by atoms with van der Waals surface area (Å²) >= 11 is 0. The molecule has 210 valence electrons. The highest BCUT2D eigenvalue weighted by Gasteiger charge is 2.20. The van der Waals surface area contributed by atoms with Crippen LogP contribution in [0.3, 0.4) is 0 Å². The molecule has 0 radical (unpaired) electrons. The molecular formula is C26H25F3N6O5. The molecule has 2 amide bonds. The second-order valence-electron chi connectivity index (χ2n) is 8.43. The van der Waals surface area contributed by atoms with Crippen molar-refractivity contribution in [3.63, 3.8) is 0 Å². The Labute approximate surface area is 226 Å². The monoisotopic (exact) mass is 558 g/mol. The van der Waals surface area contributed by atoms with Crippen LogP contribution in [0, 0.1) is 24.4 Å². The zero-order valence-electron chi connectivity index (χ0n) is 21.4. The summed E-state index contributed by atoms with van der Waals surface area (Å²) in [5, 5.41) is 16.2. The van der Waals surface area contributed by atoms with Crippen LogP contribution < -0.4 is 20.7 Å². The van der Waals surface area contributed by atoms with Crippen molar-refractivity contribution < 1.29 is 37.3 Å². The van der Waals surface area contributed by atoms with E-state index in [1.54, 1.807) is 13.0 Å². The van der Waals surface area contributed by atoms with Crippen molar-refractivity contribution >= 4 is 29.2 Å². The van der Waals surface area contributed by atoms with Crippen LogP contribution in [0.2, 0.25) is 0 Å². The molecule has 2 aromatic carbocycles. The van der Waals surface area contributed by atoms with Gasteiger partial charge in [-0.25, -0.2) is 23.5 Å². The van der Waals surface area contributed by atoms with Gasteiger partial charge in [0.15, 0.2) is 23.0 Å². The quantitative estimate of drug-likeness (QED) is 0.204. The Bertz CT molecular complexity index is 1540. The van der Waals surface area contributed by atoms with E-state index in [4.69, 9.17) is 14.6 Å². The number of hydrogen-bond donors (Lipinski definition) is 4. The first kappa shape index (κ1) is 28.2. The fraction of sp³-hybridized carbons (Fsp3) is 0.231. The number of rotatable bonds is 11. The summed E-state index contributed by atoms with van der Waals surface area (Å²) in [5.74, 6) is -3.65. The van der Waals surface area contributed by atoms with E-state index in [9.17, 15) is 22.8 Å². The van der Waals surface area contributed by atoms with E-state index in [0.717, 1.165) is 6.07 Å². The molecule has 11 nitrogen and oxygen atoms in total. The zero-order chi connectivity index (χ0) is 28.8. The Morgan fingerprint density at radius 3 is 2.50 bits per heavy atom. The van der Waals surface area contributed by atoms with Crippen molar-refractivity contribution in [2.24, 2.45) is 0 Å². The number of carbonyl (C=O) groups is 2. The summed E-state index contributed by atoms with van der Waals surface area (Å²) in [4.78, 5) is 31.4. The fourth-order valence-electron chi connectivity index (χ4n) is 3.99. The van der Waals surface area contributed by atoms with Gasteiger partial charge in [-0.05, 0) is 36.8 Å². The molecule has 0 bridgehead atoms. The average Bonchev–Trinajstić information content (AvgIpc) is 3.34. The molecule has 40 heavy (non-hydrogen) atoms. The number of halogens is 3. The molecule has 0 fully saturated rings. The van der Waals surface area contributed by atoms with Crippen LogP contribution >= 0.6 is 0 Å². The summed E-state index contributed by atoms with van der Waals surface area (Å²) in [6, 6.07) is 5.37. The van der Waals surface area contributed by atoms with Crippen LogP contribution in [0.5, 0.6) is 5.75 Å². The maximum atomic E-state index is 15.0. The lowest BCUT2D eigenvalue weighted by molar-refractivity contribution is 0.0912. The number of nitrogens with zero attached hydrogens (tertiary/aromatic N) is 3. The number of fused-ring (bicyclic) bond motifs is 1. The van der Waals surface area contributed by atoms with Crippen LogP contribution in [0.25, 0.3) is 16.9 Å². The Morgan fingerprint density at radius 1 is 1.05 bits per heavy atom. The number of amides is 2. The highest BCUT2D eigenvalue weighted by atomic mass is 19.2. The molecule has 0 aliphatic heterocycles. The molecule has 0 saturated heterocycles. The predicted molar refractivity (Wildman–Crippen MR) is 138 cm³/mol. The number of anilines is 2. The largest absolute Gasteiger partial charge is 0.494 e. The number of aromatic nitrogens is 3. The van der Waals surface area contributed by atoms with Crippen LogP contribution in [0.4, 0.5) is 29.5 Å². The van der Waals surface area contributed by atoms with Gasteiger partial charge in [0.25, 0.3) is 5.91 Å². The number of benzene rings is 2. The van der Waals surface area contributed by atoms with Crippen molar-refractivity contribution in [1.82, 2.24) is 25.0 Å². The van der Waals surface area contributed by atoms with Crippen LogP contribution in [-0.4, -0.2) is 64.9 Å². The number of carbonyl (C=O) groups excluding carboxylic acids is 1. The molecule has 0 aliphatic carbocycles. The SMILES string of the molecule is COc1ccc(-c2cnc3c(Nc4cc(C)c(C(=O)NCCOCCNC(=O)O)c(F)c4)nccn23)c(F)c1F. The Kier molecular flexibility index (Phi) is 8.69. The minimum Gasteiger partial charge on any atom is -0.494 e. The van der Waals surface area contributed by atoms with Crippen molar-refractivity contribution in [1.29, 1.82) is 0 Å². The lowest BCUT2D eigenvalue weighted by Gasteiger charge is -2.13. The first-order chi connectivity index (χ1) is 19.2. The van der Waals surface area contributed by atoms with E-state index < -0.39 is 29.5 Å². The van der Waals surface area contributed by atoms with Gasteiger partial charge in [-0.3, -0.25) is 9.20 Å². The minimum absolute atomic E-state index is 0.0393. The first-order valence-electron chi connectivity index (χ1n) is 12.0. The van der Waals surface area contributed by atoms with E-state index in [2.05, 4.69) is 25.9 Å². The van der Waals surface area contributed by atoms with Crippen molar-refractivity contribution in [3.8, 4) is 17.0 Å². The molecule has 2 aromatic heterocycles. The number of carboxylic acid groups (broad SMARTS) is 1. The van der Waals surface area contributed by atoms with Gasteiger partial charge >= 0.3 is 6.09 Å². The molecular weight excluding hydrogens is 533 g/mol. The van der Waals surface area contributed by atoms with Crippen LogP contribution in [0.15, 0.2) is 42.9 Å². The third-order valence-corrected chi connectivity index (χ3v) is 5.80. The zero-order valence-corrected chi connectivity index (χ0v) is 21.4. The van der Waals surface area contributed by atoms with Gasteiger partial charge in [0.05, 0.1) is 37.8 Å². The van der Waals surface area contributed by atoms with Crippen molar-refractivity contribution in [2.75, 3.05) is 38.7 Å². The maximum absolute atomic E-state index is 15.0. The third kappa shape index (κ3) is 6.07. The van der Waals surface area contributed by atoms with Crippen molar-refractivity contribution in [2.45, 2.75) is 6.92 Å². The van der Waals surface area contributed by atoms with Gasteiger partial charge in [-0.2, -0.15) is 4.39 Å². The molecule has 0 saturated carbocycles. The number of methoxy groups -OCH3 is 1. The third-order valence-electron chi connectivity index (χ3n) is 5.80. The number of ether oxygens (including phenoxy) is 2. The average molecular weight is 559 g/mol. The van der Waals surface area contributed by atoms with Gasteiger partial charge in [-0.15, -0.1) is 0 Å². The Morgan fingerprint density at radius 2 is 1.80 bits per heavy atom. The Hall–Kier alpha value is -4.85. The number of nitrogens with one attached hydrogen (secondary N) is 3. The van der Waals surface area contributed by atoms with Gasteiger partial charge in [0, 0.05) is 36.7 Å². The lowest BCUT2D eigenvalue weighted by atomic mass is 10.1. The van der Waals surface area contributed by atoms with E-state index in [1.165, 1.54) is 42.2 Å². The van der Waals surface area contributed by atoms with Crippen molar-refractivity contribution in [3.05, 3.63) is 71.4 Å². The smallest absolute Gasteiger partial charge is 0.404 e. The number of hydrogen-bond acceptors (Lipinski definition) is 7. The van der Waals surface area contributed by atoms with E-state index >= 15 is 0 Å². The molecule has 4 aromatic rings. The highest BCUT2D eigenvalue weighted by Crippen LogP contribution is 2.31. The van der Waals surface area contributed by atoms with Gasteiger partial charge in [-0.1, -0.05) is 0 Å². The second kappa shape index (κ2) is 12.3. The predicted octanol–water partition coefficient (Wildman–Crippen LogP) is 3.89. The topological polar surface area (TPSA) is 139 Å². The molecule has 0 atom stereocenters. The molecule has 2 heterocycles. The summed E-state index contributed by atoms with van der Waals surface area (Å²) < 4.78 is 55.5. The first-order valence-corrected chi connectivity index (χ1v) is 12.0. The standard InChI is InChI=1S/C26H25F3N6O5/c1-14-11-15(12-17(27)20(14)25(36)31-6-9-40-10-7-32-26(37)38)34-23-24-33-13-18(35(24)8-5-30-23)16-3-4-19(39-2)22(29)21(16)28/h3-5,8,11-13,32H,6-7,9-10H2,1-2H3,(H,30,34)(H,31,36)(H,37,38). The second-order valence-corrected chi connectivity index (χ2v) is 8.43. The van der Waals surface area contributed by atoms with Crippen LogP contribution in [0.1, 0.15) is 15.9 Å². The lowest BCUT2D eigenvalue weighted by Crippen LogP contribution is -2.30. The van der Waals surface area contributed by atoms with E-state index in [-0.39, 0.29) is 66.0 Å². The number of aryl methyl sites for hydroxylation is 1. The van der Waals surface area contributed by atoms with Gasteiger partial charge in [0.1, 0.15) is 5.82 Å². The normalized spacial score (nSPS) is 10.9. The fourth-order valence-corrected chi connectivity index (χ4v) is 3.99. The molecule has 4 rings (SSSR count). The van der Waals surface area contributed by atoms with E-state index in [0.29, 0.717) is 5.56 Å². The number of imidazole rings is 1. The molecule has 0 spiro atoms. The maximum Gasteiger partial charge on any atom is 0.404 e. The van der Waals surface area contributed by atoms with Crippen LogP contribution in [-0.2, 0) is 4.74 Å². The van der Waals surface area contributed by atoms with E-state index in [1.807, 2.05) is 0 Å². The van der Waals surface area contributed by atoms with Gasteiger partial charge < -0.3 is 30.5 Å².